The van der Waals surface area contributed by atoms with Crippen LogP contribution in [0.15, 0.2) is 59.3 Å². The van der Waals surface area contributed by atoms with E-state index in [1.807, 2.05) is 24.3 Å². The number of methoxy groups -OCH3 is 1. The van der Waals surface area contributed by atoms with E-state index in [1.165, 1.54) is 0 Å². The van der Waals surface area contributed by atoms with Gasteiger partial charge in [0, 0.05) is 24.4 Å². The molecule has 3 heterocycles. The third-order valence-corrected chi connectivity index (χ3v) is 4.39. The van der Waals surface area contributed by atoms with Gasteiger partial charge in [-0.05, 0) is 35.9 Å². The van der Waals surface area contributed by atoms with Gasteiger partial charge < -0.3 is 24.9 Å². The Bertz CT molecular complexity index is 1190. The molecule has 0 aliphatic rings. The van der Waals surface area contributed by atoms with Gasteiger partial charge >= 0.3 is 0 Å². The van der Waals surface area contributed by atoms with Gasteiger partial charge in [-0.15, -0.1) is 10.2 Å². The molecular weight excluding hydrogens is 386 g/mol. The highest BCUT2D eigenvalue weighted by Crippen LogP contribution is 2.31. The first-order valence-electron chi connectivity index (χ1n) is 9.16. The number of furan rings is 1. The predicted molar refractivity (Wildman–Crippen MR) is 110 cm³/mol. The first-order chi connectivity index (χ1) is 14.6. The van der Waals surface area contributed by atoms with Crippen LogP contribution in [0.3, 0.4) is 0 Å². The lowest BCUT2D eigenvalue weighted by Crippen LogP contribution is -2.13. The number of benzene rings is 1. The van der Waals surface area contributed by atoms with Crippen molar-refractivity contribution in [2.24, 2.45) is 5.73 Å². The van der Waals surface area contributed by atoms with Crippen LogP contribution in [0.1, 0.15) is 16.1 Å². The topological polar surface area (TPSA) is 125 Å². The summed E-state index contributed by atoms with van der Waals surface area (Å²) in [6.07, 6.45) is 3.63. The molecule has 30 heavy (non-hydrogen) atoms. The number of aromatic nitrogens is 3. The summed E-state index contributed by atoms with van der Waals surface area (Å²) in [5, 5.41) is 12.3. The predicted octanol–water partition coefficient (Wildman–Crippen LogP) is 3.09. The smallest absolute Gasteiger partial charge is 0.277 e. The number of carbonyl (C=O) groups is 1. The van der Waals surface area contributed by atoms with Gasteiger partial charge in [-0.2, -0.15) is 0 Å². The maximum atomic E-state index is 11.2. The number of fused-ring (bicyclic) bond motifs is 1. The third kappa shape index (κ3) is 4.14. The molecule has 3 aromatic heterocycles. The van der Waals surface area contributed by atoms with Crippen LogP contribution in [0.2, 0.25) is 0 Å². The zero-order chi connectivity index (χ0) is 20.9. The van der Waals surface area contributed by atoms with Gasteiger partial charge in [-0.25, -0.2) is 0 Å². The number of pyridine rings is 1. The van der Waals surface area contributed by atoms with E-state index < -0.39 is 5.91 Å². The fourth-order valence-corrected chi connectivity index (χ4v) is 2.91. The van der Waals surface area contributed by atoms with Crippen molar-refractivity contribution in [1.82, 2.24) is 15.2 Å². The molecule has 9 nitrogen and oxygen atoms in total. The summed E-state index contributed by atoms with van der Waals surface area (Å²) in [5.41, 5.74) is 7.65. The van der Waals surface area contributed by atoms with Crippen molar-refractivity contribution in [3.8, 4) is 11.6 Å². The van der Waals surface area contributed by atoms with E-state index in [1.54, 1.807) is 37.8 Å². The number of carbonyl (C=O) groups excluding carboxylic acids is 1. The molecule has 0 aliphatic carbocycles. The van der Waals surface area contributed by atoms with Gasteiger partial charge in [0.25, 0.3) is 11.8 Å². The average molecular weight is 405 g/mol. The summed E-state index contributed by atoms with van der Waals surface area (Å²) in [6, 6.07) is 12.7. The van der Waals surface area contributed by atoms with Crippen LogP contribution >= 0.6 is 0 Å². The molecule has 1 amide bonds. The van der Waals surface area contributed by atoms with Gasteiger partial charge in [0.05, 0.1) is 25.4 Å². The molecule has 0 spiro atoms. The second-order valence-corrected chi connectivity index (χ2v) is 6.39. The summed E-state index contributed by atoms with van der Waals surface area (Å²) >= 11 is 0. The molecule has 0 bridgehead atoms. The number of amides is 1. The van der Waals surface area contributed by atoms with Crippen molar-refractivity contribution in [1.29, 1.82) is 0 Å². The number of hydrogen-bond donors (Lipinski definition) is 2. The Morgan fingerprint density at radius 3 is 2.93 bits per heavy atom. The van der Waals surface area contributed by atoms with Gasteiger partial charge in [0.2, 0.25) is 5.58 Å². The van der Waals surface area contributed by atoms with E-state index in [4.69, 9.17) is 19.6 Å². The Kier molecular flexibility index (Phi) is 5.42. The van der Waals surface area contributed by atoms with Crippen molar-refractivity contribution >= 4 is 28.4 Å². The lowest BCUT2D eigenvalue weighted by atomic mass is 10.2. The largest absolute Gasteiger partial charge is 0.497 e. The summed E-state index contributed by atoms with van der Waals surface area (Å²) in [5.74, 6) is 0.988. The Balaban J connectivity index is 1.48. The molecule has 4 rings (SSSR count). The zero-order valence-electron chi connectivity index (χ0n) is 16.2. The van der Waals surface area contributed by atoms with Crippen LogP contribution in [-0.2, 0) is 6.42 Å². The Labute approximate surface area is 171 Å². The second-order valence-electron chi connectivity index (χ2n) is 6.39. The van der Waals surface area contributed by atoms with Gasteiger partial charge in [-0.1, -0.05) is 6.07 Å². The molecule has 0 atom stereocenters. The molecule has 3 N–H and O–H groups in total. The number of nitrogens with two attached hydrogens (primary N) is 1. The standard InChI is InChI=1S/C21H19N5O4/c1-28-15-4-2-3-14(12-15)24-20-16-7-10-29-18(16)21(26-25-20)30-9-6-13-5-8-23-17(11-13)19(22)27/h2-5,7-8,10-12H,6,9H2,1H3,(H2,22,27)(H,24,25). The molecule has 9 heteroatoms. The van der Waals surface area contributed by atoms with Crippen molar-refractivity contribution in [2.75, 3.05) is 19.0 Å². The first kappa shape index (κ1) is 19.2. The number of nitrogens with zero attached hydrogens (tertiary/aromatic N) is 3. The second kappa shape index (κ2) is 8.48. The molecule has 152 valence electrons. The van der Waals surface area contributed by atoms with Gasteiger partial charge in [0.1, 0.15) is 11.4 Å². The number of hydrogen-bond acceptors (Lipinski definition) is 8. The molecule has 0 saturated carbocycles. The van der Waals surface area contributed by atoms with Crippen LogP contribution < -0.4 is 20.5 Å². The summed E-state index contributed by atoms with van der Waals surface area (Å²) in [4.78, 5) is 15.2. The Morgan fingerprint density at radius 2 is 2.10 bits per heavy atom. The SMILES string of the molecule is COc1cccc(Nc2nnc(OCCc3ccnc(C(N)=O)c3)c3occc23)c1. The van der Waals surface area contributed by atoms with Gasteiger partial charge in [0.15, 0.2) is 5.82 Å². The highest BCUT2D eigenvalue weighted by atomic mass is 16.5. The normalized spacial score (nSPS) is 10.7. The number of rotatable bonds is 8. The summed E-state index contributed by atoms with van der Waals surface area (Å²) in [6.45, 7) is 0.315. The molecule has 0 radical (unpaired) electrons. The maximum absolute atomic E-state index is 11.2. The van der Waals surface area contributed by atoms with E-state index in [-0.39, 0.29) is 11.6 Å². The highest BCUT2D eigenvalue weighted by Gasteiger charge is 2.14. The molecule has 0 aliphatic heterocycles. The number of nitrogens with one attached hydrogen (secondary N) is 1. The van der Waals surface area contributed by atoms with E-state index in [0.717, 1.165) is 22.4 Å². The minimum absolute atomic E-state index is 0.216. The van der Waals surface area contributed by atoms with Crippen LogP contribution in [0, 0.1) is 0 Å². The Morgan fingerprint density at radius 1 is 1.20 bits per heavy atom. The third-order valence-electron chi connectivity index (χ3n) is 4.39. The zero-order valence-corrected chi connectivity index (χ0v) is 16.2. The molecule has 0 fully saturated rings. The van der Waals surface area contributed by atoms with Crippen molar-refractivity contribution < 1.29 is 18.7 Å². The summed E-state index contributed by atoms with van der Waals surface area (Å²) in [7, 11) is 1.61. The van der Waals surface area contributed by atoms with E-state index in [0.29, 0.717) is 24.4 Å². The quantitative estimate of drug-likeness (QED) is 0.458. The molecule has 4 aromatic rings. The molecule has 1 aromatic carbocycles. The van der Waals surface area contributed by atoms with Gasteiger partial charge in [-0.3, -0.25) is 9.78 Å². The lowest BCUT2D eigenvalue weighted by Gasteiger charge is -2.10. The van der Waals surface area contributed by atoms with Crippen LogP contribution in [0.5, 0.6) is 11.6 Å². The fraction of sp³-hybridized carbons (Fsp3) is 0.143. The maximum Gasteiger partial charge on any atom is 0.277 e. The Hall–Kier alpha value is -4.14. The molecule has 0 unspecified atom stereocenters. The fourth-order valence-electron chi connectivity index (χ4n) is 2.91. The number of primary amides is 1. The first-order valence-corrected chi connectivity index (χ1v) is 9.16. The average Bonchev–Trinajstić information content (AvgIpc) is 3.26. The van der Waals surface area contributed by atoms with Crippen molar-refractivity contribution in [3.05, 3.63) is 66.2 Å². The lowest BCUT2D eigenvalue weighted by molar-refractivity contribution is 0.0995. The van der Waals surface area contributed by atoms with Crippen molar-refractivity contribution in [3.63, 3.8) is 0 Å². The number of ether oxygens (including phenoxy) is 2. The van der Waals surface area contributed by atoms with E-state index >= 15 is 0 Å². The highest BCUT2D eigenvalue weighted by molar-refractivity contribution is 5.92. The minimum atomic E-state index is -0.569. The van der Waals surface area contributed by atoms with Crippen LogP contribution in [-0.4, -0.2) is 34.8 Å². The van der Waals surface area contributed by atoms with Crippen LogP contribution in [0.25, 0.3) is 11.0 Å². The molecular formula is C21H19N5O4. The van der Waals surface area contributed by atoms with Crippen LogP contribution in [0.4, 0.5) is 11.5 Å². The number of anilines is 2. The van der Waals surface area contributed by atoms with Crippen molar-refractivity contribution in [2.45, 2.75) is 6.42 Å². The minimum Gasteiger partial charge on any atom is -0.497 e. The monoisotopic (exact) mass is 405 g/mol. The molecule has 0 saturated heterocycles. The van der Waals surface area contributed by atoms with E-state index in [9.17, 15) is 4.79 Å². The van der Waals surface area contributed by atoms with E-state index in [2.05, 4.69) is 20.5 Å². The summed E-state index contributed by atoms with van der Waals surface area (Å²) < 4.78 is 16.6.